The maximum Gasteiger partial charge on any atom is 0.305 e. The summed E-state index contributed by atoms with van der Waals surface area (Å²) in [5, 5.41) is 0. The van der Waals surface area contributed by atoms with Crippen molar-refractivity contribution in [3.05, 3.63) is 59.2 Å². The Bertz CT molecular complexity index is 577. The third-order valence-electron chi connectivity index (χ3n) is 3.57. The molecule has 0 amide bonds. The summed E-state index contributed by atoms with van der Waals surface area (Å²) in [6.07, 6.45) is 1.15. The van der Waals surface area contributed by atoms with Crippen LogP contribution in [0, 0.1) is 13.8 Å². The first-order valence-corrected chi connectivity index (χ1v) is 6.84. The molecule has 0 aliphatic carbocycles. The van der Waals surface area contributed by atoms with Crippen LogP contribution >= 0.6 is 0 Å². The van der Waals surface area contributed by atoms with Crippen molar-refractivity contribution in [2.45, 2.75) is 26.7 Å². The molecule has 0 fully saturated rings. The van der Waals surface area contributed by atoms with Gasteiger partial charge in [-0.1, -0.05) is 42.5 Å². The van der Waals surface area contributed by atoms with Crippen molar-refractivity contribution < 1.29 is 9.53 Å². The SMILES string of the molecule is COC(=O)CCc1ccc(-c2c(C)cccc2C)cc1. The third kappa shape index (κ3) is 3.27. The molecule has 20 heavy (non-hydrogen) atoms. The highest BCUT2D eigenvalue weighted by atomic mass is 16.5. The van der Waals surface area contributed by atoms with Gasteiger partial charge in [0.1, 0.15) is 0 Å². The molecule has 0 unspecified atom stereocenters. The van der Waals surface area contributed by atoms with E-state index in [9.17, 15) is 4.79 Å². The Morgan fingerprint density at radius 2 is 1.60 bits per heavy atom. The second-order valence-corrected chi connectivity index (χ2v) is 5.04. The molecule has 0 spiro atoms. The van der Waals surface area contributed by atoms with Gasteiger partial charge in [0.05, 0.1) is 7.11 Å². The fourth-order valence-corrected chi connectivity index (χ4v) is 2.46. The summed E-state index contributed by atoms with van der Waals surface area (Å²) < 4.78 is 4.66. The van der Waals surface area contributed by atoms with Crippen LogP contribution in [0.25, 0.3) is 11.1 Å². The van der Waals surface area contributed by atoms with Crippen LogP contribution in [-0.2, 0) is 16.0 Å². The minimum atomic E-state index is -0.163. The summed E-state index contributed by atoms with van der Waals surface area (Å²) >= 11 is 0. The van der Waals surface area contributed by atoms with Crippen LogP contribution < -0.4 is 0 Å². The highest BCUT2D eigenvalue weighted by Crippen LogP contribution is 2.27. The van der Waals surface area contributed by atoms with E-state index in [2.05, 4.69) is 61.0 Å². The number of ether oxygens (including phenoxy) is 1. The fraction of sp³-hybridized carbons (Fsp3) is 0.278. The molecule has 0 radical (unpaired) electrons. The molecule has 2 aromatic rings. The molecule has 0 saturated carbocycles. The van der Waals surface area contributed by atoms with E-state index >= 15 is 0 Å². The van der Waals surface area contributed by atoms with Gasteiger partial charge in [-0.2, -0.15) is 0 Å². The number of rotatable bonds is 4. The lowest BCUT2D eigenvalue weighted by Crippen LogP contribution is -2.01. The Morgan fingerprint density at radius 3 is 2.15 bits per heavy atom. The molecule has 0 aliphatic rings. The lowest BCUT2D eigenvalue weighted by atomic mass is 9.95. The quantitative estimate of drug-likeness (QED) is 0.781. The number of aryl methyl sites for hydroxylation is 3. The third-order valence-corrected chi connectivity index (χ3v) is 3.57. The Morgan fingerprint density at radius 1 is 1.00 bits per heavy atom. The number of benzene rings is 2. The number of esters is 1. The van der Waals surface area contributed by atoms with Crippen LogP contribution in [0.2, 0.25) is 0 Å². The highest BCUT2D eigenvalue weighted by molar-refractivity contribution is 5.71. The van der Waals surface area contributed by atoms with Gasteiger partial charge in [0.2, 0.25) is 0 Å². The monoisotopic (exact) mass is 268 g/mol. The second kappa shape index (κ2) is 6.38. The highest BCUT2D eigenvalue weighted by Gasteiger charge is 2.06. The summed E-state index contributed by atoms with van der Waals surface area (Å²) in [5.74, 6) is -0.163. The largest absolute Gasteiger partial charge is 0.469 e. The van der Waals surface area contributed by atoms with Crippen molar-refractivity contribution in [2.24, 2.45) is 0 Å². The summed E-state index contributed by atoms with van der Waals surface area (Å²) in [5.41, 5.74) is 6.25. The number of hydrogen-bond acceptors (Lipinski definition) is 2. The van der Waals surface area contributed by atoms with Crippen LogP contribution in [0.15, 0.2) is 42.5 Å². The van der Waals surface area contributed by atoms with Crippen molar-refractivity contribution in [1.29, 1.82) is 0 Å². The van der Waals surface area contributed by atoms with Gasteiger partial charge in [-0.25, -0.2) is 0 Å². The first kappa shape index (κ1) is 14.3. The molecule has 0 saturated heterocycles. The molecular weight excluding hydrogens is 248 g/mol. The molecule has 0 heterocycles. The summed E-state index contributed by atoms with van der Waals surface area (Å²) in [4.78, 5) is 11.1. The zero-order chi connectivity index (χ0) is 14.5. The predicted molar refractivity (Wildman–Crippen MR) is 81.7 cm³/mol. The van der Waals surface area contributed by atoms with Gasteiger partial charge in [0.25, 0.3) is 0 Å². The summed E-state index contributed by atoms with van der Waals surface area (Å²) in [6.45, 7) is 4.26. The van der Waals surface area contributed by atoms with Crippen LogP contribution in [0.5, 0.6) is 0 Å². The lowest BCUT2D eigenvalue weighted by molar-refractivity contribution is -0.140. The zero-order valence-corrected chi connectivity index (χ0v) is 12.3. The molecule has 104 valence electrons. The van der Waals surface area contributed by atoms with Gasteiger partial charge in [0.15, 0.2) is 0 Å². The molecule has 2 heteroatoms. The van der Waals surface area contributed by atoms with Crippen LogP contribution in [-0.4, -0.2) is 13.1 Å². The Kier molecular flexibility index (Phi) is 4.57. The first-order chi connectivity index (χ1) is 9.61. The van der Waals surface area contributed by atoms with Crippen molar-refractivity contribution in [1.82, 2.24) is 0 Å². The molecule has 2 nitrogen and oxygen atoms in total. The van der Waals surface area contributed by atoms with Crippen molar-refractivity contribution in [3.63, 3.8) is 0 Å². The first-order valence-electron chi connectivity index (χ1n) is 6.84. The minimum Gasteiger partial charge on any atom is -0.469 e. The lowest BCUT2D eigenvalue weighted by Gasteiger charge is -2.10. The van der Waals surface area contributed by atoms with E-state index in [4.69, 9.17) is 0 Å². The molecule has 0 bridgehead atoms. The molecule has 0 atom stereocenters. The van der Waals surface area contributed by atoms with Gasteiger partial charge in [-0.3, -0.25) is 4.79 Å². The van der Waals surface area contributed by atoms with E-state index in [1.54, 1.807) is 0 Å². The Hall–Kier alpha value is -2.09. The van der Waals surface area contributed by atoms with E-state index < -0.39 is 0 Å². The predicted octanol–water partition coefficient (Wildman–Crippen LogP) is 4.08. The van der Waals surface area contributed by atoms with E-state index in [0.29, 0.717) is 6.42 Å². The number of hydrogen-bond donors (Lipinski definition) is 0. The fourth-order valence-electron chi connectivity index (χ4n) is 2.46. The molecular formula is C18H20O2. The molecule has 2 aromatic carbocycles. The topological polar surface area (TPSA) is 26.3 Å². The standard InChI is InChI=1S/C18H20O2/c1-13-5-4-6-14(2)18(13)16-10-7-15(8-11-16)9-12-17(19)20-3/h4-8,10-11H,9,12H2,1-3H3. The molecule has 0 N–H and O–H groups in total. The van der Waals surface area contributed by atoms with Crippen molar-refractivity contribution in [2.75, 3.05) is 7.11 Å². The average Bonchev–Trinajstić information content (AvgIpc) is 2.46. The van der Waals surface area contributed by atoms with E-state index in [1.165, 1.54) is 29.4 Å². The summed E-state index contributed by atoms with van der Waals surface area (Å²) in [7, 11) is 1.42. The number of carbonyl (C=O) groups is 1. The summed E-state index contributed by atoms with van der Waals surface area (Å²) in [6, 6.07) is 14.8. The zero-order valence-electron chi connectivity index (χ0n) is 12.3. The van der Waals surface area contributed by atoms with Crippen molar-refractivity contribution in [3.8, 4) is 11.1 Å². The molecule has 0 aliphatic heterocycles. The maximum absolute atomic E-state index is 11.1. The van der Waals surface area contributed by atoms with E-state index in [-0.39, 0.29) is 5.97 Å². The molecule has 2 rings (SSSR count). The van der Waals surface area contributed by atoms with E-state index in [0.717, 1.165) is 12.0 Å². The Labute approximate surface area is 120 Å². The minimum absolute atomic E-state index is 0.163. The normalized spacial score (nSPS) is 10.3. The van der Waals surface area contributed by atoms with Crippen LogP contribution in [0.3, 0.4) is 0 Å². The second-order valence-electron chi connectivity index (χ2n) is 5.04. The van der Waals surface area contributed by atoms with Crippen LogP contribution in [0.1, 0.15) is 23.1 Å². The molecule has 0 aromatic heterocycles. The van der Waals surface area contributed by atoms with Gasteiger partial charge >= 0.3 is 5.97 Å². The van der Waals surface area contributed by atoms with E-state index in [1.807, 2.05) is 0 Å². The number of methoxy groups -OCH3 is 1. The smallest absolute Gasteiger partial charge is 0.305 e. The van der Waals surface area contributed by atoms with Crippen molar-refractivity contribution >= 4 is 5.97 Å². The maximum atomic E-state index is 11.1. The van der Waals surface area contributed by atoms with Gasteiger partial charge < -0.3 is 4.74 Å². The van der Waals surface area contributed by atoms with Gasteiger partial charge in [-0.05, 0) is 48.1 Å². The van der Waals surface area contributed by atoms with Gasteiger partial charge in [0, 0.05) is 6.42 Å². The Balaban J connectivity index is 2.18. The average molecular weight is 268 g/mol. The van der Waals surface area contributed by atoms with Crippen LogP contribution in [0.4, 0.5) is 0 Å². The van der Waals surface area contributed by atoms with Gasteiger partial charge in [-0.15, -0.1) is 0 Å². The number of carbonyl (C=O) groups excluding carboxylic acids is 1.